The number of nitrogens with one attached hydrogen (secondary N) is 1. The third-order valence-corrected chi connectivity index (χ3v) is 1.73. The van der Waals surface area contributed by atoms with Crippen LogP contribution < -0.4 is 5.32 Å². The zero-order valence-corrected chi connectivity index (χ0v) is 7.49. The van der Waals surface area contributed by atoms with Crippen LogP contribution in [-0.4, -0.2) is 11.3 Å². The van der Waals surface area contributed by atoms with E-state index in [0.717, 1.165) is 5.69 Å². The van der Waals surface area contributed by atoms with Crippen molar-refractivity contribution in [3.05, 3.63) is 29.8 Å². The number of nitriles is 1. The Morgan fingerprint density at radius 3 is 2.54 bits per heavy atom. The van der Waals surface area contributed by atoms with E-state index in [1.807, 2.05) is 13.0 Å². The summed E-state index contributed by atoms with van der Waals surface area (Å²) in [7, 11) is 0. The Morgan fingerprint density at radius 2 is 2.08 bits per heavy atom. The molecule has 0 aliphatic rings. The molecule has 0 heterocycles. The van der Waals surface area contributed by atoms with E-state index >= 15 is 0 Å². The molecule has 0 fully saturated rings. The molecular formula is C10H12N2O. The molecule has 1 aromatic rings. The largest absolute Gasteiger partial charge is 0.374 e. The van der Waals surface area contributed by atoms with E-state index in [4.69, 9.17) is 5.26 Å². The number of aliphatic hydroxyl groups excluding tert-OH is 1. The van der Waals surface area contributed by atoms with E-state index in [1.54, 1.807) is 24.3 Å². The first-order valence-corrected chi connectivity index (χ1v) is 4.21. The van der Waals surface area contributed by atoms with Crippen molar-refractivity contribution in [2.45, 2.75) is 19.6 Å². The van der Waals surface area contributed by atoms with Crippen LogP contribution in [0.2, 0.25) is 0 Å². The first-order chi connectivity index (χ1) is 6.26. The van der Waals surface area contributed by atoms with Crippen LogP contribution in [0.4, 0.5) is 5.69 Å². The van der Waals surface area contributed by atoms with Gasteiger partial charge in [0, 0.05) is 5.69 Å². The lowest BCUT2D eigenvalue weighted by Crippen LogP contribution is -2.16. The number of benzene rings is 1. The Labute approximate surface area is 77.6 Å². The van der Waals surface area contributed by atoms with Gasteiger partial charge >= 0.3 is 0 Å². The van der Waals surface area contributed by atoms with Gasteiger partial charge in [-0.1, -0.05) is 6.92 Å². The molecule has 68 valence electrons. The Bertz CT molecular complexity index is 300. The van der Waals surface area contributed by atoms with Crippen molar-refractivity contribution >= 4 is 5.69 Å². The molecule has 0 amide bonds. The van der Waals surface area contributed by atoms with Gasteiger partial charge in [-0.2, -0.15) is 5.26 Å². The number of aliphatic hydroxyl groups is 1. The molecule has 0 aliphatic carbocycles. The summed E-state index contributed by atoms with van der Waals surface area (Å²) in [6.45, 7) is 1.89. The molecule has 0 radical (unpaired) electrons. The normalized spacial score (nSPS) is 11.8. The quantitative estimate of drug-likeness (QED) is 0.689. The SMILES string of the molecule is CCC(O)Nc1ccc(C#N)cc1. The summed E-state index contributed by atoms with van der Waals surface area (Å²) in [6.07, 6.45) is 0.132. The minimum Gasteiger partial charge on any atom is -0.374 e. The lowest BCUT2D eigenvalue weighted by Gasteiger charge is -2.11. The van der Waals surface area contributed by atoms with Gasteiger partial charge in [0.05, 0.1) is 11.6 Å². The van der Waals surface area contributed by atoms with E-state index in [9.17, 15) is 5.11 Å². The van der Waals surface area contributed by atoms with Gasteiger partial charge in [-0.25, -0.2) is 0 Å². The molecule has 0 bridgehead atoms. The van der Waals surface area contributed by atoms with E-state index in [0.29, 0.717) is 12.0 Å². The summed E-state index contributed by atoms with van der Waals surface area (Å²) in [5, 5.41) is 20.7. The second kappa shape index (κ2) is 4.48. The smallest absolute Gasteiger partial charge is 0.124 e. The molecule has 1 aromatic carbocycles. The Balaban J connectivity index is 2.65. The maximum absolute atomic E-state index is 9.26. The minimum atomic E-state index is -0.520. The van der Waals surface area contributed by atoms with Crippen molar-refractivity contribution in [3.63, 3.8) is 0 Å². The topological polar surface area (TPSA) is 56.0 Å². The van der Waals surface area contributed by atoms with E-state index < -0.39 is 6.23 Å². The van der Waals surface area contributed by atoms with E-state index in [2.05, 4.69) is 5.32 Å². The van der Waals surface area contributed by atoms with Crippen molar-refractivity contribution in [1.82, 2.24) is 0 Å². The molecule has 0 saturated heterocycles. The minimum absolute atomic E-state index is 0.520. The van der Waals surface area contributed by atoms with Gasteiger partial charge in [-0.05, 0) is 30.7 Å². The molecule has 1 rings (SSSR count). The van der Waals surface area contributed by atoms with Crippen LogP contribution in [0, 0.1) is 11.3 Å². The van der Waals surface area contributed by atoms with Crippen molar-refractivity contribution in [2.75, 3.05) is 5.32 Å². The van der Waals surface area contributed by atoms with Crippen LogP contribution in [0.5, 0.6) is 0 Å². The molecule has 3 heteroatoms. The Morgan fingerprint density at radius 1 is 1.46 bits per heavy atom. The Hall–Kier alpha value is -1.53. The van der Waals surface area contributed by atoms with Crippen LogP contribution in [0.15, 0.2) is 24.3 Å². The Kier molecular flexibility index (Phi) is 3.30. The van der Waals surface area contributed by atoms with Crippen LogP contribution >= 0.6 is 0 Å². The molecule has 0 saturated carbocycles. The van der Waals surface area contributed by atoms with Crippen LogP contribution in [-0.2, 0) is 0 Å². The molecule has 3 nitrogen and oxygen atoms in total. The lowest BCUT2D eigenvalue weighted by molar-refractivity contribution is 0.199. The fourth-order valence-corrected chi connectivity index (χ4v) is 0.935. The van der Waals surface area contributed by atoms with Gasteiger partial charge in [0.25, 0.3) is 0 Å². The molecule has 1 unspecified atom stereocenters. The first-order valence-electron chi connectivity index (χ1n) is 4.21. The third kappa shape index (κ3) is 2.77. The fourth-order valence-electron chi connectivity index (χ4n) is 0.935. The van der Waals surface area contributed by atoms with Gasteiger partial charge in [-0.3, -0.25) is 0 Å². The summed E-state index contributed by atoms with van der Waals surface area (Å²) in [5.41, 5.74) is 1.45. The van der Waals surface area contributed by atoms with Crippen LogP contribution in [0.25, 0.3) is 0 Å². The lowest BCUT2D eigenvalue weighted by atomic mass is 10.2. The number of anilines is 1. The molecular weight excluding hydrogens is 164 g/mol. The first kappa shape index (κ1) is 9.56. The predicted octanol–water partition coefficient (Wildman–Crippen LogP) is 1.70. The second-order valence-electron chi connectivity index (χ2n) is 2.76. The number of nitrogens with zero attached hydrogens (tertiary/aromatic N) is 1. The van der Waals surface area contributed by atoms with Crippen molar-refractivity contribution in [1.29, 1.82) is 5.26 Å². The van der Waals surface area contributed by atoms with Gasteiger partial charge in [-0.15, -0.1) is 0 Å². The average Bonchev–Trinajstić information content (AvgIpc) is 2.19. The molecule has 13 heavy (non-hydrogen) atoms. The van der Waals surface area contributed by atoms with E-state index in [1.165, 1.54) is 0 Å². The van der Waals surface area contributed by atoms with Crippen molar-refractivity contribution < 1.29 is 5.11 Å². The molecule has 2 N–H and O–H groups in total. The molecule has 1 atom stereocenters. The molecule has 0 aliphatic heterocycles. The summed E-state index contributed by atoms with van der Waals surface area (Å²) in [5.74, 6) is 0. The molecule has 0 aromatic heterocycles. The second-order valence-corrected chi connectivity index (χ2v) is 2.76. The summed E-state index contributed by atoms with van der Waals surface area (Å²) >= 11 is 0. The van der Waals surface area contributed by atoms with Gasteiger partial charge in [0.1, 0.15) is 6.23 Å². The average molecular weight is 176 g/mol. The summed E-state index contributed by atoms with van der Waals surface area (Å²) in [6, 6.07) is 9.01. The highest BCUT2D eigenvalue weighted by Crippen LogP contribution is 2.10. The van der Waals surface area contributed by atoms with Crippen LogP contribution in [0.1, 0.15) is 18.9 Å². The predicted molar refractivity (Wildman–Crippen MR) is 51.1 cm³/mol. The zero-order chi connectivity index (χ0) is 9.68. The van der Waals surface area contributed by atoms with E-state index in [-0.39, 0.29) is 0 Å². The van der Waals surface area contributed by atoms with Gasteiger partial charge < -0.3 is 10.4 Å². The molecule has 0 spiro atoms. The highest BCUT2D eigenvalue weighted by atomic mass is 16.3. The summed E-state index contributed by atoms with van der Waals surface area (Å²) < 4.78 is 0. The van der Waals surface area contributed by atoms with Gasteiger partial charge in [0.15, 0.2) is 0 Å². The monoisotopic (exact) mass is 176 g/mol. The number of rotatable bonds is 3. The fraction of sp³-hybridized carbons (Fsp3) is 0.300. The highest BCUT2D eigenvalue weighted by molar-refractivity contribution is 5.47. The highest BCUT2D eigenvalue weighted by Gasteiger charge is 1.99. The maximum Gasteiger partial charge on any atom is 0.124 e. The number of hydrogen-bond acceptors (Lipinski definition) is 3. The van der Waals surface area contributed by atoms with Crippen molar-refractivity contribution in [2.24, 2.45) is 0 Å². The maximum atomic E-state index is 9.26. The number of hydrogen-bond donors (Lipinski definition) is 2. The standard InChI is InChI=1S/C10H12N2O/c1-2-10(13)12-9-5-3-8(7-11)4-6-9/h3-6,10,12-13H,2H2,1H3. The van der Waals surface area contributed by atoms with Crippen LogP contribution in [0.3, 0.4) is 0 Å². The van der Waals surface area contributed by atoms with Gasteiger partial charge in [0.2, 0.25) is 0 Å². The summed E-state index contributed by atoms with van der Waals surface area (Å²) in [4.78, 5) is 0. The zero-order valence-electron chi connectivity index (χ0n) is 7.49. The van der Waals surface area contributed by atoms with Crippen molar-refractivity contribution in [3.8, 4) is 6.07 Å². The third-order valence-electron chi connectivity index (χ3n) is 1.73.